The van der Waals surface area contributed by atoms with Gasteiger partial charge < -0.3 is 10.4 Å². The molecule has 2 aromatic rings. The number of benzene rings is 2. The molecule has 140 valence electrons. The molecule has 3 rings (SSSR count). The lowest BCUT2D eigenvalue weighted by Gasteiger charge is -2.27. The Morgan fingerprint density at radius 1 is 1.15 bits per heavy atom. The van der Waals surface area contributed by atoms with E-state index in [4.69, 9.17) is 0 Å². The quantitative estimate of drug-likeness (QED) is 0.808. The van der Waals surface area contributed by atoms with Crippen molar-refractivity contribution >= 4 is 9.84 Å². The molecule has 26 heavy (non-hydrogen) atoms. The van der Waals surface area contributed by atoms with Gasteiger partial charge in [-0.2, -0.15) is 0 Å². The number of aryl methyl sites for hydroxylation is 1. The summed E-state index contributed by atoms with van der Waals surface area (Å²) in [5.41, 5.74) is 1.22. The molecule has 0 aromatic heterocycles. The van der Waals surface area contributed by atoms with Gasteiger partial charge in [0.25, 0.3) is 0 Å². The number of rotatable bonds is 6. The fourth-order valence-corrected chi connectivity index (χ4v) is 4.89. The van der Waals surface area contributed by atoms with Crippen LogP contribution in [-0.2, 0) is 16.3 Å². The second-order valence-corrected chi connectivity index (χ2v) is 8.65. The molecule has 7 heteroatoms. The van der Waals surface area contributed by atoms with Crippen molar-refractivity contribution in [2.45, 2.75) is 36.3 Å². The molecular weight excluding hydrogens is 360 g/mol. The number of nitrogens with one attached hydrogen (secondary N) is 1. The Balaban J connectivity index is 1.57. The van der Waals surface area contributed by atoms with Gasteiger partial charge in [-0.15, -0.1) is 0 Å². The fourth-order valence-electron chi connectivity index (χ4n) is 3.27. The van der Waals surface area contributed by atoms with Gasteiger partial charge in [-0.25, -0.2) is 17.2 Å². The van der Waals surface area contributed by atoms with Gasteiger partial charge in [0.05, 0.1) is 16.8 Å². The van der Waals surface area contributed by atoms with Crippen LogP contribution in [0, 0.1) is 11.6 Å². The monoisotopic (exact) mass is 381 g/mol. The van der Waals surface area contributed by atoms with Gasteiger partial charge >= 0.3 is 0 Å². The van der Waals surface area contributed by atoms with Crippen LogP contribution in [0.1, 0.15) is 30.0 Å². The predicted molar refractivity (Wildman–Crippen MR) is 94.5 cm³/mol. The van der Waals surface area contributed by atoms with Gasteiger partial charge in [0, 0.05) is 18.7 Å². The van der Waals surface area contributed by atoms with Crippen molar-refractivity contribution in [3.05, 3.63) is 65.2 Å². The summed E-state index contributed by atoms with van der Waals surface area (Å²) < 4.78 is 50.6. The normalized spacial score (nSPS) is 19.7. The first-order chi connectivity index (χ1) is 12.3. The Hall–Kier alpha value is -1.83. The minimum Gasteiger partial charge on any atom is -0.392 e. The third kappa shape index (κ3) is 4.47. The maximum Gasteiger partial charge on any atom is 0.178 e. The van der Waals surface area contributed by atoms with Gasteiger partial charge in [0.1, 0.15) is 11.6 Å². The zero-order chi connectivity index (χ0) is 18.7. The average molecular weight is 381 g/mol. The Bertz CT molecular complexity index is 866. The van der Waals surface area contributed by atoms with Crippen LogP contribution in [0.5, 0.6) is 0 Å². The average Bonchev–Trinajstić information content (AvgIpc) is 2.59. The Morgan fingerprint density at radius 3 is 2.58 bits per heavy atom. The van der Waals surface area contributed by atoms with E-state index in [1.165, 1.54) is 12.1 Å². The van der Waals surface area contributed by atoms with Crippen molar-refractivity contribution in [2.75, 3.05) is 12.3 Å². The van der Waals surface area contributed by atoms with Crippen molar-refractivity contribution in [3.8, 4) is 0 Å². The molecule has 0 amide bonds. The molecule has 2 unspecified atom stereocenters. The maximum atomic E-state index is 13.2. The summed E-state index contributed by atoms with van der Waals surface area (Å²) in [6.07, 6.45) is 0.448. The van der Waals surface area contributed by atoms with E-state index in [0.717, 1.165) is 11.6 Å². The van der Waals surface area contributed by atoms with E-state index in [1.54, 1.807) is 24.3 Å². The topological polar surface area (TPSA) is 66.4 Å². The van der Waals surface area contributed by atoms with Crippen molar-refractivity contribution in [1.29, 1.82) is 0 Å². The summed E-state index contributed by atoms with van der Waals surface area (Å²) in [4.78, 5) is 0.341. The molecule has 0 spiro atoms. The Morgan fingerprint density at radius 2 is 1.85 bits per heavy atom. The molecule has 0 aliphatic carbocycles. The molecule has 2 N–H and O–H groups in total. The predicted octanol–water partition coefficient (Wildman–Crippen LogP) is 2.77. The molecular formula is C19H21F2NO3S. The highest BCUT2D eigenvalue weighted by atomic mass is 32.2. The molecule has 1 aliphatic heterocycles. The van der Waals surface area contributed by atoms with Crippen LogP contribution in [0.4, 0.5) is 8.78 Å². The van der Waals surface area contributed by atoms with Crippen LogP contribution >= 0.6 is 0 Å². The van der Waals surface area contributed by atoms with E-state index in [2.05, 4.69) is 5.32 Å². The molecule has 0 saturated carbocycles. The third-order valence-corrected chi connectivity index (χ3v) is 6.41. The molecule has 0 radical (unpaired) electrons. The molecule has 4 nitrogen and oxygen atoms in total. The third-order valence-electron chi connectivity index (χ3n) is 4.59. The van der Waals surface area contributed by atoms with Crippen molar-refractivity contribution < 1.29 is 22.3 Å². The van der Waals surface area contributed by atoms with Crippen molar-refractivity contribution in [1.82, 2.24) is 5.32 Å². The number of sulfone groups is 1. The number of hydrogen-bond acceptors (Lipinski definition) is 4. The summed E-state index contributed by atoms with van der Waals surface area (Å²) >= 11 is 0. The zero-order valence-corrected chi connectivity index (χ0v) is 15.0. The number of fused-ring (bicyclic) bond motifs is 1. The van der Waals surface area contributed by atoms with Gasteiger partial charge in [0.2, 0.25) is 0 Å². The number of aliphatic hydroxyl groups is 1. The highest BCUT2D eigenvalue weighted by Crippen LogP contribution is 2.31. The first-order valence-corrected chi connectivity index (χ1v) is 10.2. The summed E-state index contributed by atoms with van der Waals surface area (Å²) in [6.45, 7) is 0.275. The van der Waals surface area contributed by atoms with Crippen LogP contribution in [0.15, 0.2) is 47.4 Å². The van der Waals surface area contributed by atoms with E-state index in [0.29, 0.717) is 29.7 Å². The Kier molecular flexibility index (Phi) is 5.70. The number of hydrogen-bond donors (Lipinski definition) is 2. The smallest absolute Gasteiger partial charge is 0.178 e. The largest absolute Gasteiger partial charge is 0.392 e. The highest BCUT2D eigenvalue weighted by molar-refractivity contribution is 7.91. The molecule has 2 aromatic carbocycles. The first-order valence-electron chi connectivity index (χ1n) is 8.53. The van der Waals surface area contributed by atoms with Gasteiger partial charge in [-0.1, -0.05) is 18.2 Å². The summed E-state index contributed by atoms with van der Waals surface area (Å²) in [5, 5.41) is 13.4. The molecule has 1 heterocycles. The van der Waals surface area contributed by atoms with E-state index in [9.17, 15) is 22.3 Å². The van der Waals surface area contributed by atoms with Gasteiger partial charge in [-0.3, -0.25) is 0 Å². The van der Waals surface area contributed by atoms with E-state index >= 15 is 0 Å². The standard InChI is InChI=1S/C19H21F2NO3S/c20-14-9-13(10-15(21)11-14)5-6-16(23)12-22-18-7-8-26(24,25)19-4-2-1-3-17(18)19/h1-4,9-11,16,18,22-23H,5-8,12H2. The van der Waals surface area contributed by atoms with Gasteiger partial charge in [0.15, 0.2) is 9.84 Å². The summed E-state index contributed by atoms with van der Waals surface area (Å²) in [6, 6.07) is 10.1. The van der Waals surface area contributed by atoms with Crippen LogP contribution < -0.4 is 5.32 Å². The number of aliphatic hydroxyl groups excluding tert-OH is 1. The number of halogens is 2. The lowest BCUT2D eigenvalue weighted by Crippen LogP contribution is -2.34. The van der Waals surface area contributed by atoms with Crippen LogP contribution in [0.25, 0.3) is 0 Å². The maximum absolute atomic E-state index is 13.2. The first kappa shape index (κ1) is 18.9. The molecule has 2 atom stereocenters. The zero-order valence-electron chi connectivity index (χ0n) is 14.2. The fraction of sp³-hybridized carbons (Fsp3) is 0.368. The van der Waals surface area contributed by atoms with E-state index in [-0.39, 0.29) is 18.3 Å². The summed E-state index contributed by atoms with van der Waals surface area (Å²) in [5.74, 6) is -1.19. The second-order valence-electron chi connectivity index (χ2n) is 6.58. The molecule has 0 fully saturated rings. The minimum atomic E-state index is -3.24. The SMILES string of the molecule is O=S1(=O)CCC(NCC(O)CCc2cc(F)cc(F)c2)c2ccccc21. The molecule has 0 bridgehead atoms. The minimum absolute atomic E-state index is 0.0698. The van der Waals surface area contributed by atoms with Crippen molar-refractivity contribution in [3.63, 3.8) is 0 Å². The lowest BCUT2D eigenvalue weighted by atomic mass is 10.0. The molecule has 0 saturated heterocycles. The second kappa shape index (κ2) is 7.82. The van der Waals surface area contributed by atoms with Crippen molar-refractivity contribution in [2.24, 2.45) is 0 Å². The molecule has 1 aliphatic rings. The van der Waals surface area contributed by atoms with Crippen LogP contribution in [0.3, 0.4) is 0 Å². The highest BCUT2D eigenvalue weighted by Gasteiger charge is 2.29. The lowest BCUT2D eigenvalue weighted by molar-refractivity contribution is 0.157. The summed E-state index contributed by atoms with van der Waals surface area (Å²) in [7, 11) is -3.24. The van der Waals surface area contributed by atoms with Crippen LogP contribution in [0.2, 0.25) is 0 Å². The van der Waals surface area contributed by atoms with Crippen LogP contribution in [-0.4, -0.2) is 31.9 Å². The van der Waals surface area contributed by atoms with Gasteiger partial charge in [-0.05, 0) is 48.6 Å². The van der Waals surface area contributed by atoms with E-state index in [1.807, 2.05) is 0 Å². The Labute approximate surface area is 151 Å². The van der Waals surface area contributed by atoms with E-state index < -0.39 is 27.6 Å².